The zero-order valence-corrected chi connectivity index (χ0v) is 12.1. The highest BCUT2D eigenvalue weighted by Gasteiger charge is 2.17. The van der Waals surface area contributed by atoms with Gasteiger partial charge in [0, 0.05) is 17.6 Å². The molecule has 0 bridgehead atoms. The molecule has 1 saturated heterocycles. The highest BCUT2D eigenvalue weighted by atomic mass is 79.9. The van der Waals surface area contributed by atoms with Gasteiger partial charge in [0.2, 0.25) is 0 Å². The molecule has 17 heavy (non-hydrogen) atoms. The van der Waals surface area contributed by atoms with Gasteiger partial charge in [0.25, 0.3) is 0 Å². The summed E-state index contributed by atoms with van der Waals surface area (Å²) < 4.78 is 14.6. The third kappa shape index (κ3) is 3.29. The van der Waals surface area contributed by atoms with Crippen molar-refractivity contribution < 1.29 is 4.39 Å². The normalized spacial score (nSPS) is 21.8. The predicted molar refractivity (Wildman–Crippen MR) is 72.5 cm³/mol. The third-order valence-corrected chi connectivity index (χ3v) is 4.20. The maximum Gasteiger partial charge on any atom is 0.126 e. The lowest BCUT2D eigenvalue weighted by atomic mass is 9.99. The van der Waals surface area contributed by atoms with Crippen LogP contribution in [-0.4, -0.2) is 18.0 Å². The van der Waals surface area contributed by atoms with E-state index in [0.717, 1.165) is 35.6 Å². The average molecular weight is 300 g/mol. The molecule has 1 heterocycles. The third-order valence-electron chi connectivity index (χ3n) is 3.46. The first-order valence-electron chi connectivity index (χ1n) is 6.23. The maximum atomic E-state index is 13.6. The molecule has 0 spiro atoms. The van der Waals surface area contributed by atoms with E-state index in [2.05, 4.69) is 27.8 Å². The lowest BCUT2D eigenvalue weighted by Crippen LogP contribution is -2.33. The maximum absolute atomic E-state index is 13.6. The summed E-state index contributed by atoms with van der Waals surface area (Å²) in [7, 11) is 0. The fourth-order valence-electron chi connectivity index (χ4n) is 2.48. The number of nitrogens with zero attached hydrogens (tertiary/aromatic N) is 1. The van der Waals surface area contributed by atoms with Gasteiger partial charge in [0.05, 0.1) is 0 Å². The fourth-order valence-corrected chi connectivity index (χ4v) is 3.06. The van der Waals surface area contributed by atoms with Crippen molar-refractivity contribution in [2.24, 2.45) is 5.92 Å². The molecule has 0 aliphatic carbocycles. The monoisotopic (exact) mass is 299 g/mol. The second kappa shape index (κ2) is 5.49. The summed E-state index contributed by atoms with van der Waals surface area (Å²) in [6.07, 6.45) is 2.58. The van der Waals surface area contributed by atoms with Crippen molar-refractivity contribution in [2.45, 2.75) is 33.2 Å². The standard InChI is InChI=1S/C14H19BrFN/c1-10-4-3-5-17(8-10)9-12-7-14(16)11(2)6-13(12)15/h6-7,10H,3-5,8-9H2,1-2H3. The Balaban J connectivity index is 2.10. The minimum Gasteiger partial charge on any atom is -0.299 e. The second-order valence-electron chi connectivity index (χ2n) is 5.18. The van der Waals surface area contributed by atoms with Crippen LogP contribution in [0.2, 0.25) is 0 Å². The van der Waals surface area contributed by atoms with Crippen molar-refractivity contribution >= 4 is 15.9 Å². The number of hydrogen-bond donors (Lipinski definition) is 0. The molecule has 0 aromatic heterocycles. The lowest BCUT2D eigenvalue weighted by Gasteiger charge is -2.31. The molecule has 0 saturated carbocycles. The van der Waals surface area contributed by atoms with E-state index < -0.39 is 0 Å². The Hall–Kier alpha value is -0.410. The first kappa shape index (κ1) is 13.0. The molecule has 1 aromatic carbocycles. The van der Waals surface area contributed by atoms with Crippen LogP contribution in [0.5, 0.6) is 0 Å². The van der Waals surface area contributed by atoms with E-state index in [9.17, 15) is 4.39 Å². The molecule has 94 valence electrons. The Morgan fingerprint density at radius 2 is 2.24 bits per heavy atom. The number of hydrogen-bond acceptors (Lipinski definition) is 1. The molecular formula is C14H19BrFN. The van der Waals surface area contributed by atoms with Crippen LogP contribution in [0.3, 0.4) is 0 Å². The Morgan fingerprint density at radius 3 is 2.94 bits per heavy atom. The van der Waals surface area contributed by atoms with Gasteiger partial charge in [-0.05, 0) is 55.5 Å². The molecule has 3 heteroatoms. The van der Waals surface area contributed by atoms with Gasteiger partial charge in [-0.2, -0.15) is 0 Å². The quantitative estimate of drug-likeness (QED) is 0.794. The predicted octanol–water partition coefficient (Wildman–Crippen LogP) is 4.13. The van der Waals surface area contributed by atoms with E-state index in [0.29, 0.717) is 5.56 Å². The van der Waals surface area contributed by atoms with Gasteiger partial charge >= 0.3 is 0 Å². The number of benzene rings is 1. The van der Waals surface area contributed by atoms with E-state index in [1.54, 1.807) is 13.0 Å². The van der Waals surface area contributed by atoms with Crippen molar-refractivity contribution in [3.05, 3.63) is 33.5 Å². The summed E-state index contributed by atoms with van der Waals surface area (Å²) in [6.45, 7) is 7.19. The SMILES string of the molecule is Cc1cc(Br)c(CN2CCCC(C)C2)cc1F. The summed E-state index contributed by atoms with van der Waals surface area (Å²) in [5.41, 5.74) is 1.76. The van der Waals surface area contributed by atoms with Crippen LogP contribution in [0, 0.1) is 18.7 Å². The number of rotatable bonds is 2. The molecule has 1 atom stereocenters. The van der Waals surface area contributed by atoms with Crippen molar-refractivity contribution in [2.75, 3.05) is 13.1 Å². The zero-order chi connectivity index (χ0) is 12.4. The molecule has 2 rings (SSSR count). The first-order valence-corrected chi connectivity index (χ1v) is 7.02. The molecule has 1 aliphatic heterocycles. The van der Waals surface area contributed by atoms with Crippen LogP contribution in [0.15, 0.2) is 16.6 Å². The average Bonchev–Trinajstić information content (AvgIpc) is 2.26. The van der Waals surface area contributed by atoms with Gasteiger partial charge in [-0.1, -0.05) is 22.9 Å². The van der Waals surface area contributed by atoms with Crippen LogP contribution < -0.4 is 0 Å². The topological polar surface area (TPSA) is 3.24 Å². The van der Waals surface area contributed by atoms with Gasteiger partial charge in [-0.3, -0.25) is 4.90 Å². The van der Waals surface area contributed by atoms with E-state index in [4.69, 9.17) is 0 Å². The molecule has 1 aromatic rings. The summed E-state index contributed by atoms with van der Waals surface area (Å²) >= 11 is 3.53. The van der Waals surface area contributed by atoms with Gasteiger partial charge in [0.15, 0.2) is 0 Å². The van der Waals surface area contributed by atoms with Crippen molar-refractivity contribution in [3.63, 3.8) is 0 Å². The van der Waals surface area contributed by atoms with Crippen LogP contribution in [0.1, 0.15) is 30.9 Å². The highest BCUT2D eigenvalue weighted by Crippen LogP contribution is 2.24. The fraction of sp³-hybridized carbons (Fsp3) is 0.571. The minimum atomic E-state index is -0.103. The first-order chi connectivity index (χ1) is 8.06. The van der Waals surface area contributed by atoms with E-state index in [-0.39, 0.29) is 5.82 Å². The lowest BCUT2D eigenvalue weighted by molar-refractivity contribution is 0.176. The number of piperidine rings is 1. The Morgan fingerprint density at radius 1 is 1.47 bits per heavy atom. The summed E-state index contributed by atoms with van der Waals surface area (Å²) in [6, 6.07) is 3.54. The van der Waals surface area contributed by atoms with E-state index in [1.807, 2.05) is 6.07 Å². The van der Waals surface area contributed by atoms with Crippen molar-refractivity contribution in [1.29, 1.82) is 0 Å². The molecule has 0 amide bonds. The largest absolute Gasteiger partial charge is 0.299 e. The number of aryl methyl sites for hydroxylation is 1. The molecule has 1 unspecified atom stereocenters. The Labute approximate surface area is 111 Å². The van der Waals surface area contributed by atoms with Gasteiger partial charge in [0.1, 0.15) is 5.82 Å². The van der Waals surface area contributed by atoms with E-state index in [1.165, 1.54) is 12.8 Å². The second-order valence-corrected chi connectivity index (χ2v) is 6.03. The highest BCUT2D eigenvalue weighted by molar-refractivity contribution is 9.10. The van der Waals surface area contributed by atoms with Crippen LogP contribution >= 0.6 is 15.9 Å². The van der Waals surface area contributed by atoms with Gasteiger partial charge in [-0.15, -0.1) is 0 Å². The number of likely N-dealkylation sites (tertiary alicyclic amines) is 1. The Bertz CT molecular complexity index is 405. The zero-order valence-electron chi connectivity index (χ0n) is 10.5. The molecule has 0 N–H and O–H groups in total. The van der Waals surface area contributed by atoms with Gasteiger partial charge in [-0.25, -0.2) is 4.39 Å². The summed E-state index contributed by atoms with van der Waals surface area (Å²) in [4.78, 5) is 2.42. The smallest absolute Gasteiger partial charge is 0.126 e. The molecular weight excluding hydrogens is 281 g/mol. The molecule has 1 aliphatic rings. The molecule has 1 fully saturated rings. The summed E-state index contributed by atoms with van der Waals surface area (Å²) in [5.74, 6) is 0.658. The summed E-state index contributed by atoms with van der Waals surface area (Å²) in [5, 5.41) is 0. The minimum absolute atomic E-state index is 0.103. The number of halogens is 2. The van der Waals surface area contributed by atoms with Crippen LogP contribution in [-0.2, 0) is 6.54 Å². The van der Waals surface area contributed by atoms with Crippen LogP contribution in [0.4, 0.5) is 4.39 Å². The van der Waals surface area contributed by atoms with Crippen molar-refractivity contribution in [3.8, 4) is 0 Å². The molecule has 0 radical (unpaired) electrons. The van der Waals surface area contributed by atoms with Crippen molar-refractivity contribution in [1.82, 2.24) is 4.90 Å². The van der Waals surface area contributed by atoms with E-state index >= 15 is 0 Å². The Kier molecular flexibility index (Phi) is 4.21. The molecule has 1 nitrogen and oxygen atoms in total. The van der Waals surface area contributed by atoms with Gasteiger partial charge < -0.3 is 0 Å². The van der Waals surface area contributed by atoms with Crippen LogP contribution in [0.25, 0.3) is 0 Å².